The molecule has 2 heterocycles. The molecule has 34 heavy (non-hydrogen) atoms. The number of likely N-dealkylation sites (N-methyl/N-ethyl adjacent to an activating group) is 1. The van der Waals surface area contributed by atoms with Crippen LogP contribution in [0.15, 0.2) is 88.7 Å². The van der Waals surface area contributed by atoms with Crippen LogP contribution in [0.1, 0.15) is 22.8 Å². The standard InChI is InChI=1S/C28H27N3O3/c1-31(2)15-16-33-22-9-7-20(8-10-22)26-18-24(19-11-13-29-14-12-19)28(34-26)25-17-21-5-3-4-6-23(21)27(25)30-32/h3-14,18,25,32H,15-17H2,1-2H3/b30-27+. The first kappa shape index (κ1) is 21.9. The van der Waals surface area contributed by atoms with Gasteiger partial charge in [-0.15, -0.1) is 0 Å². The summed E-state index contributed by atoms with van der Waals surface area (Å²) in [5.41, 5.74) is 5.70. The number of rotatable bonds is 7. The van der Waals surface area contributed by atoms with E-state index in [1.807, 2.05) is 68.7 Å². The maximum absolute atomic E-state index is 9.88. The average Bonchev–Trinajstić information content (AvgIpc) is 3.46. The summed E-state index contributed by atoms with van der Waals surface area (Å²) in [5.74, 6) is 2.20. The summed E-state index contributed by atoms with van der Waals surface area (Å²) in [4.78, 5) is 6.25. The summed E-state index contributed by atoms with van der Waals surface area (Å²) < 4.78 is 12.3. The zero-order valence-electron chi connectivity index (χ0n) is 19.3. The van der Waals surface area contributed by atoms with Gasteiger partial charge in [-0.25, -0.2) is 0 Å². The van der Waals surface area contributed by atoms with Gasteiger partial charge in [0, 0.05) is 35.6 Å². The predicted octanol–water partition coefficient (Wildman–Crippen LogP) is 5.47. The molecule has 1 aliphatic rings. The molecule has 0 amide bonds. The molecule has 5 rings (SSSR count). The van der Waals surface area contributed by atoms with Crippen molar-refractivity contribution in [1.82, 2.24) is 9.88 Å². The SMILES string of the molecule is CN(C)CCOc1ccc(-c2cc(-c3ccncc3)c(C3Cc4ccccc4/C3=N\O)o2)cc1. The largest absolute Gasteiger partial charge is 0.492 e. The molecular formula is C28H27N3O3. The molecule has 1 atom stereocenters. The highest BCUT2D eigenvalue weighted by Gasteiger charge is 2.35. The van der Waals surface area contributed by atoms with Gasteiger partial charge in [0.2, 0.25) is 0 Å². The van der Waals surface area contributed by atoms with Crippen molar-refractivity contribution in [3.8, 4) is 28.2 Å². The van der Waals surface area contributed by atoms with E-state index in [1.54, 1.807) is 12.4 Å². The first-order valence-corrected chi connectivity index (χ1v) is 11.4. The van der Waals surface area contributed by atoms with Gasteiger partial charge in [0.25, 0.3) is 0 Å². The Hall–Kier alpha value is -3.90. The van der Waals surface area contributed by atoms with Crippen molar-refractivity contribution < 1.29 is 14.4 Å². The van der Waals surface area contributed by atoms with Crippen LogP contribution in [0, 0.1) is 0 Å². The van der Waals surface area contributed by atoms with E-state index >= 15 is 0 Å². The molecule has 0 spiro atoms. The van der Waals surface area contributed by atoms with Gasteiger partial charge in [-0.3, -0.25) is 4.98 Å². The Kier molecular flexibility index (Phi) is 6.14. The van der Waals surface area contributed by atoms with Crippen LogP contribution in [0.4, 0.5) is 0 Å². The second-order valence-electron chi connectivity index (χ2n) is 8.70. The van der Waals surface area contributed by atoms with Crippen molar-refractivity contribution in [1.29, 1.82) is 0 Å². The lowest BCUT2D eigenvalue weighted by Crippen LogP contribution is -2.19. The molecule has 0 aliphatic heterocycles. The Labute approximate surface area is 199 Å². The minimum atomic E-state index is -0.173. The van der Waals surface area contributed by atoms with Crippen LogP contribution in [0.3, 0.4) is 0 Å². The molecule has 2 aromatic carbocycles. The van der Waals surface area contributed by atoms with Crippen molar-refractivity contribution in [2.24, 2.45) is 5.16 Å². The predicted molar refractivity (Wildman–Crippen MR) is 133 cm³/mol. The molecule has 0 radical (unpaired) electrons. The summed E-state index contributed by atoms with van der Waals surface area (Å²) in [6.45, 7) is 1.49. The molecule has 1 unspecified atom stereocenters. The fourth-order valence-electron chi connectivity index (χ4n) is 4.42. The van der Waals surface area contributed by atoms with Gasteiger partial charge < -0.3 is 19.3 Å². The third-order valence-corrected chi connectivity index (χ3v) is 6.17. The highest BCUT2D eigenvalue weighted by molar-refractivity contribution is 6.09. The summed E-state index contributed by atoms with van der Waals surface area (Å²) in [5, 5.41) is 13.6. The number of hydrogen-bond donors (Lipinski definition) is 1. The van der Waals surface area contributed by atoms with Crippen molar-refractivity contribution in [2.45, 2.75) is 12.3 Å². The van der Waals surface area contributed by atoms with Crippen molar-refractivity contribution in [2.75, 3.05) is 27.2 Å². The lowest BCUT2D eigenvalue weighted by Gasteiger charge is -2.11. The van der Waals surface area contributed by atoms with Crippen LogP contribution in [-0.4, -0.2) is 48.0 Å². The third kappa shape index (κ3) is 4.32. The lowest BCUT2D eigenvalue weighted by molar-refractivity contribution is 0.261. The van der Waals surface area contributed by atoms with Gasteiger partial charge in [-0.1, -0.05) is 29.4 Å². The highest BCUT2D eigenvalue weighted by Crippen LogP contribution is 2.42. The Morgan fingerprint density at radius 3 is 2.50 bits per heavy atom. The Morgan fingerprint density at radius 2 is 1.76 bits per heavy atom. The Morgan fingerprint density at radius 1 is 1.00 bits per heavy atom. The third-order valence-electron chi connectivity index (χ3n) is 6.17. The zero-order chi connectivity index (χ0) is 23.5. The van der Waals surface area contributed by atoms with Crippen LogP contribution >= 0.6 is 0 Å². The molecule has 1 N–H and O–H groups in total. The van der Waals surface area contributed by atoms with Gasteiger partial charge >= 0.3 is 0 Å². The molecule has 172 valence electrons. The maximum Gasteiger partial charge on any atom is 0.134 e. The molecule has 0 bridgehead atoms. The van der Waals surface area contributed by atoms with Crippen molar-refractivity contribution in [3.63, 3.8) is 0 Å². The summed E-state index contributed by atoms with van der Waals surface area (Å²) in [6.07, 6.45) is 4.27. The maximum atomic E-state index is 9.88. The number of hydrogen-bond acceptors (Lipinski definition) is 6. The molecule has 0 saturated carbocycles. The minimum absolute atomic E-state index is 0.173. The number of furan rings is 1. The normalized spacial score (nSPS) is 16.2. The van der Waals surface area contributed by atoms with Gasteiger partial charge in [0.1, 0.15) is 23.9 Å². The van der Waals surface area contributed by atoms with E-state index in [1.165, 1.54) is 0 Å². The molecular weight excluding hydrogens is 426 g/mol. The molecule has 2 aromatic heterocycles. The fourth-order valence-corrected chi connectivity index (χ4v) is 4.42. The average molecular weight is 454 g/mol. The smallest absolute Gasteiger partial charge is 0.134 e. The first-order chi connectivity index (χ1) is 16.6. The van der Waals surface area contributed by atoms with E-state index in [2.05, 4.69) is 27.2 Å². The van der Waals surface area contributed by atoms with Gasteiger partial charge in [-0.05, 0) is 74.1 Å². The van der Waals surface area contributed by atoms with Crippen molar-refractivity contribution in [3.05, 3.63) is 96.0 Å². The molecule has 4 aromatic rings. The number of fused-ring (bicyclic) bond motifs is 1. The van der Waals surface area contributed by atoms with Crippen LogP contribution in [0.5, 0.6) is 5.75 Å². The Bertz CT molecular complexity index is 1290. The summed E-state index contributed by atoms with van der Waals surface area (Å²) in [6, 6.07) is 22.0. The van der Waals surface area contributed by atoms with Gasteiger partial charge in [0.15, 0.2) is 0 Å². The van der Waals surface area contributed by atoms with E-state index in [0.29, 0.717) is 12.3 Å². The number of benzene rings is 2. The topological polar surface area (TPSA) is 71.1 Å². The number of pyridine rings is 1. The van der Waals surface area contributed by atoms with Crippen LogP contribution < -0.4 is 4.74 Å². The van der Waals surface area contributed by atoms with Crippen LogP contribution in [0.2, 0.25) is 0 Å². The van der Waals surface area contributed by atoms with E-state index in [9.17, 15) is 5.21 Å². The summed E-state index contributed by atoms with van der Waals surface area (Å²) in [7, 11) is 4.05. The molecule has 1 aliphatic carbocycles. The quantitative estimate of drug-likeness (QED) is 0.297. The van der Waals surface area contributed by atoms with Crippen molar-refractivity contribution >= 4 is 5.71 Å². The summed E-state index contributed by atoms with van der Waals surface area (Å²) >= 11 is 0. The van der Waals surface area contributed by atoms with Crippen LogP contribution in [-0.2, 0) is 6.42 Å². The number of oxime groups is 1. The first-order valence-electron chi connectivity index (χ1n) is 11.4. The van der Waals surface area contributed by atoms with Gasteiger partial charge in [-0.2, -0.15) is 0 Å². The zero-order valence-corrected chi connectivity index (χ0v) is 19.3. The van der Waals surface area contributed by atoms with E-state index in [4.69, 9.17) is 9.15 Å². The Balaban J connectivity index is 1.50. The minimum Gasteiger partial charge on any atom is -0.492 e. The fraction of sp³-hybridized carbons (Fsp3) is 0.214. The molecule has 6 nitrogen and oxygen atoms in total. The number of ether oxygens (including phenoxy) is 1. The molecule has 6 heteroatoms. The lowest BCUT2D eigenvalue weighted by atomic mass is 9.95. The van der Waals surface area contributed by atoms with E-state index < -0.39 is 0 Å². The highest BCUT2D eigenvalue weighted by atomic mass is 16.5. The molecule has 0 fully saturated rings. The van der Waals surface area contributed by atoms with E-state index in [-0.39, 0.29) is 5.92 Å². The van der Waals surface area contributed by atoms with Crippen LogP contribution in [0.25, 0.3) is 22.5 Å². The number of aromatic nitrogens is 1. The monoisotopic (exact) mass is 453 g/mol. The number of nitrogens with zero attached hydrogens (tertiary/aromatic N) is 3. The second kappa shape index (κ2) is 9.53. The molecule has 0 saturated heterocycles. The van der Waals surface area contributed by atoms with E-state index in [0.717, 1.165) is 58.1 Å². The van der Waals surface area contributed by atoms with Gasteiger partial charge in [0.05, 0.1) is 11.6 Å². The second-order valence-corrected chi connectivity index (χ2v) is 8.70.